The molecule has 1 aliphatic rings. The molecule has 3 heteroatoms. The van der Waals surface area contributed by atoms with Crippen LogP contribution in [0.1, 0.15) is 62.6 Å². The minimum Gasteiger partial charge on any atom is -0.373 e. The minimum absolute atomic E-state index is 0.179. The third kappa shape index (κ3) is 3.21. The van der Waals surface area contributed by atoms with Crippen LogP contribution in [0.4, 0.5) is 4.39 Å². The topological polar surface area (TPSA) is 35.2 Å². The molecule has 0 amide bonds. The zero-order valence-electron chi connectivity index (χ0n) is 12.6. The van der Waals surface area contributed by atoms with Gasteiger partial charge in [-0.2, -0.15) is 0 Å². The van der Waals surface area contributed by atoms with Crippen molar-refractivity contribution >= 4 is 0 Å². The molecule has 0 heterocycles. The molecule has 1 aromatic carbocycles. The molecule has 1 aromatic rings. The summed E-state index contributed by atoms with van der Waals surface area (Å²) in [5.74, 6) is -0.204. The van der Waals surface area contributed by atoms with E-state index in [4.69, 9.17) is 10.5 Å². The second kappa shape index (κ2) is 6.68. The summed E-state index contributed by atoms with van der Waals surface area (Å²) in [5, 5.41) is 0. The smallest absolute Gasteiger partial charge is 0.123 e. The Kier molecular flexibility index (Phi) is 5.17. The van der Waals surface area contributed by atoms with Crippen molar-refractivity contribution in [3.63, 3.8) is 0 Å². The van der Waals surface area contributed by atoms with Crippen LogP contribution >= 0.6 is 0 Å². The van der Waals surface area contributed by atoms with Crippen LogP contribution in [0.25, 0.3) is 0 Å². The van der Waals surface area contributed by atoms with E-state index in [9.17, 15) is 4.39 Å². The van der Waals surface area contributed by atoms with E-state index in [1.54, 1.807) is 6.07 Å². The van der Waals surface area contributed by atoms with Gasteiger partial charge in [-0.1, -0.05) is 31.7 Å². The van der Waals surface area contributed by atoms with Gasteiger partial charge in [-0.05, 0) is 49.9 Å². The van der Waals surface area contributed by atoms with Crippen molar-refractivity contribution < 1.29 is 9.13 Å². The van der Waals surface area contributed by atoms with Gasteiger partial charge in [0.05, 0.1) is 11.6 Å². The van der Waals surface area contributed by atoms with Crippen molar-refractivity contribution in [1.82, 2.24) is 0 Å². The Balaban J connectivity index is 2.31. The number of halogens is 1. The molecule has 2 N–H and O–H groups in total. The van der Waals surface area contributed by atoms with Gasteiger partial charge in [-0.15, -0.1) is 0 Å². The standard InChI is InChI=1S/C17H26FNO/c1-3-20-17(10-6-4-5-7-11-17)16(19)15-9-8-14(18)12-13(15)2/h8-9,12,16H,3-7,10-11,19H2,1-2H3. The summed E-state index contributed by atoms with van der Waals surface area (Å²) in [6.07, 6.45) is 6.83. The highest BCUT2D eigenvalue weighted by atomic mass is 19.1. The maximum atomic E-state index is 13.3. The third-order valence-corrected chi connectivity index (χ3v) is 4.52. The number of ether oxygens (including phenoxy) is 1. The van der Waals surface area contributed by atoms with Crippen molar-refractivity contribution in [3.8, 4) is 0 Å². The molecule has 1 fully saturated rings. The van der Waals surface area contributed by atoms with Gasteiger partial charge in [0, 0.05) is 6.61 Å². The molecule has 0 aliphatic heterocycles. The Morgan fingerprint density at radius 3 is 2.45 bits per heavy atom. The molecule has 0 bridgehead atoms. The monoisotopic (exact) mass is 279 g/mol. The second-order valence-electron chi connectivity index (χ2n) is 5.89. The average Bonchev–Trinajstić information content (AvgIpc) is 2.65. The quantitative estimate of drug-likeness (QED) is 0.836. The Bertz CT molecular complexity index is 439. The summed E-state index contributed by atoms with van der Waals surface area (Å²) in [5.41, 5.74) is 8.21. The summed E-state index contributed by atoms with van der Waals surface area (Å²) >= 11 is 0. The summed E-state index contributed by atoms with van der Waals surface area (Å²) in [6.45, 7) is 4.62. The fraction of sp³-hybridized carbons (Fsp3) is 0.647. The van der Waals surface area contributed by atoms with Crippen molar-refractivity contribution in [2.45, 2.75) is 64.0 Å². The van der Waals surface area contributed by atoms with Crippen LogP contribution in [-0.2, 0) is 4.74 Å². The predicted molar refractivity (Wildman–Crippen MR) is 80.1 cm³/mol. The van der Waals surface area contributed by atoms with E-state index in [0.29, 0.717) is 6.61 Å². The zero-order valence-corrected chi connectivity index (χ0v) is 12.6. The number of rotatable bonds is 4. The van der Waals surface area contributed by atoms with Crippen LogP contribution in [0.15, 0.2) is 18.2 Å². The normalized spacial score (nSPS) is 20.4. The highest BCUT2D eigenvalue weighted by Gasteiger charge is 2.39. The van der Waals surface area contributed by atoms with Gasteiger partial charge in [0.15, 0.2) is 0 Å². The first kappa shape index (κ1) is 15.5. The number of aryl methyl sites for hydroxylation is 1. The van der Waals surface area contributed by atoms with E-state index in [1.807, 2.05) is 19.9 Å². The summed E-state index contributed by atoms with van der Waals surface area (Å²) in [7, 11) is 0. The largest absolute Gasteiger partial charge is 0.373 e. The lowest BCUT2D eigenvalue weighted by Gasteiger charge is -2.39. The van der Waals surface area contributed by atoms with Gasteiger partial charge >= 0.3 is 0 Å². The molecule has 0 saturated heterocycles. The molecule has 0 aromatic heterocycles. The summed E-state index contributed by atoms with van der Waals surface area (Å²) in [6, 6.07) is 4.70. The van der Waals surface area contributed by atoms with Crippen LogP contribution in [0.5, 0.6) is 0 Å². The third-order valence-electron chi connectivity index (χ3n) is 4.52. The SMILES string of the molecule is CCOC1(C(N)c2ccc(F)cc2C)CCCCCC1. The number of nitrogens with two attached hydrogens (primary N) is 1. The first-order valence-electron chi connectivity index (χ1n) is 7.74. The molecule has 1 atom stereocenters. The maximum Gasteiger partial charge on any atom is 0.123 e. The average molecular weight is 279 g/mol. The molecular formula is C17H26FNO. The Morgan fingerprint density at radius 2 is 1.90 bits per heavy atom. The Labute approximate surface area is 121 Å². The highest BCUT2D eigenvalue weighted by Crippen LogP contribution is 2.40. The van der Waals surface area contributed by atoms with E-state index < -0.39 is 0 Å². The van der Waals surface area contributed by atoms with Crippen LogP contribution < -0.4 is 5.73 Å². The first-order chi connectivity index (χ1) is 9.59. The highest BCUT2D eigenvalue weighted by molar-refractivity contribution is 5.31. The van der Waals surface area contributed by atoms with E-state index in [-0.39, 0.29) is 17.5 Å². The van der Waals surface area contributed by atoms with Crippen LogP contribution in [0.3, 0.4) is 0 Å². The lowest BCUT2D eigenvalue weighted by atomic mass is 9.81. The van der Waals surface area contributed by atoms with E-state index in [0.717, 1.165) is 36.8 Å². The molecular weight excluding hydrogens is 253 g/mol. The summed E-state index contributed by atoms with van der Waals surface area (Å²) in [4.78, 5) is 0. The molecule has 2 rings (SSSR count). The predicted octanol–water partition coefficient (Wildman–Crippen LogP) is 4.26. The lowest BCUT2D eigenvalue weighted by Crippen LogP contribution is -2.44. The van der Waals surface area contributed by atoms with Gasteiger partial charge in [-0.3, -0.25) is 0 Å². The maximum absolute atomic E-state index is 13.3. The van der Waals surface area contributed by atoms with Gasteiger partial charge < -0.3 is 10.5 Å². The number of hydrogen-bond acceptors (Lipinski definition) is 2. The van der Waals surface area contributed by atoms with Crippen molar-refractivity contribution in [1.29, 1.82) is 0 Å². The van der Waals surface area contributed by atoms with Gasteiger partial charge in [0.1, 0.15) is 5.82 Å². The van der Waals surface area contributed by atoms with Gasteiger partial charge in [0.2, 0.25) is 0 Å². The zero-order chi connectivity index (χ0) is 14.6. The fourth-order valence-electron chi connectivity index (χ4n) is 3.43. The minimum atomic E-state index is -0.284. The van der Waals surface area contributed by atoms with Crippen LogP contribution in [0, 0.1) is 12.7 Å². The molecule has 0 spiro atoms. The van der Waals surface area contributed by atoms with Crippen LogP contribution in [0.2, 0.25) is 0 Å². The lowest BCUT2D eigenvalue weighted by molar-refractivity contribution is -0.0697. The number of benzene rings is 1. The molecule has 0 radical (unpaired) electrons. The van der Waals surface area contributed by atoms with Crippen LogP contribution in [-0.4, -0.2) is 12.2 Å². The molecule has 1 unspecified atom stereocenters. The van der Waals surface area contributed by atoms with E-state index >= 15 is 0 Å². The summed E-state index contributed by atoms with van der Waals surface area (Å²) < 4.78 is 19.4. The second-order valence-corrected chi connectivity index (χ2v) is 5.89. The molecule has 1 saturated carbocycles. The molecule has 2 nitrogen and oxygen atoms in total. The Morgan fingerprint density at radius 1 is 1.25 bits per heavy atom. The van der Waals surface area contributed by atoms with Crippen molar-refractivity contribution in [3.05, 3.63) is 35.1 Å². The molecule has 1 aliphatic carbocycles. The van der Waals surface area contributed by atoms with Gasteiger partial charge in [-0.25, -0.2) is 4.39 Å². The van der Waals surface area contributed by atoms with Gasteiger partial charge in [0.25, 0.3) is 0 Å². The van der Waals surface area contributed by atoms with E-state index in [1.165, 1.54) is 18.9 Å². The first-order valence-corrected chi connectivity index (χ1v) is 7.74. The molecule has 112 valence electrons. The fourth-order valence-corrected chi connectivity index (χ4v) is 3.43. The number of hydrogen-bond donors (Lipinski definition) is 1. The van der Waals surface area contributed by atoms with Crippen molar-refractivity contribution in [2.24, 2.45) is 5.73 Å². The molecule has 20 heavy (non-hydrogen) atoms. The Hall–Kier alpha value is -0.930. The van der Waals surface area contributed by atoms with Crippen molar-refractivity contribution in [2.75, 3.05) is 6.61 Å². The van der Waals surface area contributed by atoms with E-state index in [2.05, 4.69) is 0 Å².